The number of hydrogen-bond acceptors (Lipinski definition) is 15. The van der Waals surface area contributed by atoms with E-state index in [1.165, 1.54) is 50.3 Å². The minimum Gasteiger partial charge on any atom is -0.391 e. The summed E-state index contributed by atoms with van der Waals surface area (Å²) < 4.78 is 0. The van der Waals surface area contributed by atoms with Crippen molar-refractivity contribution in [2.24, 2.45) is 22.2 Å². The third-order valence-electron chi connectivity index (χ3n) is 15.7. The first-order valence-corrected chi connectivity index (χ1v) is 31.5. The van der Waals surface area contributed by atoms with Crippen LogP contribution in [0.2, 0.25) is 0 Å². The molecule has 26 nitrogen and oxygen atoms in total. The molecule has 5 heterocycles. The van der Waals surface area contributed by atoms with E-state index < -0.39 is 114 Å². The van der Waals surface area contributed by atoms with E-state index in [9.17, 15) is 43.5 Å². The van der Waals surface area contributed by atoms with Gasteiger partial charge in [-0.1, -0.05) is 70.1 Å². The molecule has 1 aromatic heterocycles. The highest BCUT2D eigenvalue weighted by atomic mass is 33.1. The van der Waals surface area contributed by atoms with Crippen molar-refractivity contribution in [1.29, 1.82) is 0 Å². The number of amides is 10. The zero-order chi connectivity index (χ0) is 61.2. The molecule has 4 aliphatic rings. The Morgan fingerprint density at radius 3 is 2.15 bits per heavy atom. The minimum atomic E-state index is -1.40. The fraction of sp³-hybridized carbons (Fsp3) is 0.561. The molecule has 10 amide bonds. The smallest absolute Gasteiger partial charge is 0.246 e. The maximum Gasteiger partial charge on any atom is 0.246 e. The van der Waals surface area contributed by atoms with E-state index in [1.807, 2.05) is 24.3 Å². The predicted octanol–water partition coefficient (Wildman–Crippen LogP) is -1.46. The normalized spacial score (nSPS) is 25.1. The van der Waals surface area contributed by atoms with Gasteiger partial charge >= 0.3 is 0 Å². The summed E-state index contributed by atoms with van der Waals surface area (Å²) in [5.74, 6) is -6.35. The van der Waals surface area contributed by atoms with Crippen LogP contribution in [0.4, 0.5) is 0 Å². The lowest BCUT2D eigenvalue weighted by atomic mass is 10.0. The summed E-state index contributed by atoms with van der Waals surface area (Å²) >= 11 is 0. The van der Waals surface area contributed by atoms with E-state index in [0.29, 0.717) is 56.2 Å². The summed E-state index contributed by atoms with van der Waals surface area (Å²) in [5.41, 5.74) is 19.0. The number of rotatable bonds is 18. The van der Waals surface area contributed by atoms with Gasteiger partial charge in [0.05, 0.1) is 6.10 Å². The Kier molecular flexibility index (Phi) is 24.2. The Bertz CT molecular complexity index is 2890. The van der Waals surface area contributed by atoms with Gasteiger partial charge in [0.1, 0.15) is 54.4 Å². The molecule has 0 bridgehead atoms. The van der Waals surface area contributed by atoms with Crippen LogP contribution >= 0.6 is 21.6 Å². The summed E-state index contributed by atoms with van der Waals surface area (Å²) in [6.45, 7) is 1.83. The highest BCUT2D eigenvalue weighted by Crippen LogP contribution is 2.30. The first kappa shape index (κ1) is 65.1. The van der Waals surface area contributed by atoms with Gasteiger partial charge in [0, 0.05) is 88.0 Å². The Hall–Kier alpha value is -7.43. The first-order chi connectivity index (χ1) is 40.9. The summed E-state index contributed by atoms with van der Waals surface area (Å²) in [4.78, 5) is 154. The molecule has 4 fully saturated rings. The van der Waals surface area contributed by atoms with Crippen molar-refractivity contribution in [3.63, 3.8) is 0 Å². The number of aliphatic hydroxyl groups excluding tert-OH is 1. The third kappa shape index (κ3) is 17.8. The van der Waals surface area contributed by atoms with Crippen LogP contribution in [0.25, 0.3) is 10.9 Å². The molecule has 2 aromatic carbocycles. The average molecular weight is 1220 g/mol. The SMILES string of the molecule is CNC(=O)[C@H](CCCCN)NC(=O)[C@@H]1CCCN1C(=O)[C@@H]1CCCN1C(=O)[C@@H]1CSSCC[C@H](NC(C)=O)C(=O)N2C[C@H](O)C[C@H]2C(=O)N[C@H](Cc2ccccc2)C(=O)N[C@@H](CCCN=C(N)N)C(=O)N[C@@H](Cc2c[nH]c3ccccc23)C(=O)N1. The van der Waals surface area contributed by atoms with Crippen LogP contribution in [0.1, 0.15) is 88.7 Å². The molecule has 0 spiro atoms. The van der Waals surface area contributed by atoms with E-state index in [-0.39, 0.29) is 94.5 Å². The van der Waals surface area contributed by atoms with E-state index >= 15 is 9.59 Å². The number of nitrogens with zero attached hydrogens (tertiary/aromatic N) is 4. The number of aromatic nitrogens is 1. The highest BCUT2D eigenvalue weighted by Gasteiger charge is 2.46. The number of likely N-dealkylation sites (N-methyl/N-ethyl adjacent to an activating group) is 1. The fourth-order valence-corrected chi connectivity index (χ4v) is 13.6. The van der Waals surface area contributed by atoms with Crippen molar-refractivity contribution < 1.29 is 53.1 Å². The van der Waals surface area contributed by atoms with Crippen LogP contribution in [-0.2, 0) is 60.8 Å². The molecule has 0 unspecified atom stereocenters. The molecule has 3 aromatic rings. The molecule has 4 saturated heterocycles. The zero-order valence-electron chi connectivity index (χ0n) is 48.1. The summed E-state index contributed by atoms with van der Waals surface area (Å²) in [6, 6.07) is 5.46. The Morgan fingerprint density at radius 2 is 1.44 bits per heavy atom. The number of nitrogens with one attached hydrogen (secondary N) is 8. The van der Waals surface area contributed by atoms with Crippen molar-refractivity contribution in [3.05, 3.63) is 71.9 Å². The largest absolute Gasteiger partial charge is 0.391 e. The van der Waals surface area contributed by atoms with Crippen LogP contribution in [-0.4, -0.2) is 202 Å². The Morgan fingerprint density at radius 1 is 0.776 bits per heavy atom. The zero-order valence-corrected chi connectivity index (χ0v) is 49.7. The predicted molar refractivity (Wildman–Crippen MR) is 321 cm³/mol. The van der Waals surface area contributed by atoms with Crippen molar-refractivity contribution in [2.75, 3.05) is 51.3 Å². The van der Waals surface area contributed by atoms with Crippen molar-refractivity contribution >= 4 is 97.5 Å². The van der Waals surface area contributed by atoms with Gasteiger partial charge in [-0.3, -0.25) is 52.9 Å². The molecule has 462 valence electrons. The maximum atomic E-state index is 15.2. The highest BCUT2D eigenvalue weighted by molar-refractivity contribution is 8.76. The van der Waals surface area contributed by atoms with Gasteiger partial charge < -0.3 is 79.2 Å². The first-order valence-electron chi connectivity index (χ1n) is 29.1. The molecule has 0 saturated carbocycles. The van der Waals surface area contributed by atoms with Gasteiger partial charge in [-0.05, 0) is 87.9 Å². The lowest BCUT2D eigenvalue weighted by Gasteiger charge is -2.33. The van der Waals surface area contributed by atoms with E-state index in [4.69, 9.17) is 17.2 Å². The second kappa shape index (κ2) is 31.6. The van der Waals surface area contributed by atoms with Crippen molar-refractivity contribution in [2.45, 2.75) is 151 Å². The summed E-state index contributed by atoms with van der Waals surface area (Å²) in [5, 5.41) is 31.2. The van der Waals surface area contributed by atoms with E-state index in [2.05, 4.69) is 47.2 Å². The monoisotopic (exact) mass is 1220 g/mol. The quantitative estimate of drug-likeness (QED) is 0.0300. The second-order valence-electron chi connectivity index (χ2n) is 21.8. The van der Waals surface area contributed by atoms with Gasteiger partial charge in [-0.2, -0.15) is 0 Å². The van der Waals surface area contributed by atoms with Gasteiger partial charge in [0.25, 0.3) is 0 Å². The molecular formula is C57H81N15O11S2. The van der Waals surface area contributed by atoms with Gasteiger partial charge in [-0.25, -0.2) is 0 Å². The number of aromatic amines is 1. The number of aliphatic hydroxyl groups is 1. The Labute approximate surface area is 501 Å². The number of fused-ring (bicyclic) bond motifs is 2. The van der Waals surface area contributed by atoms with E-state index in [1.54, 1.807) is 36.5 Å². The van der Waals surface area contributed by atoms with Gasteiger partial charge in [0.2, 0.25) is 59.1 Å². The van der Waals surface area contributed by atoms with Crippen LogP contribution in [0, 0.1) is 0 Å². The number of nitrogens with two attached hydrogens (primary N) is 3. The molecule has 28 heteroatoms. The molecule has 85 heavy (non-hydrogen) atoms. The number of likely N-dealkylation sites (tertiary alicyclic amines) is 2. The number of guanidine groups is 1. The fourth-order valence-electron chi connectivity index (χ4n) is 11.4. The van der Waals surface area contributed by atoms with Crippen LogP contribution in [0.15, 0.2) is 65.8 Å². The average Bonchev–Trinajstić information content (AvgIpc) is 2.76. The van der Waals surface area contributed by atoms with E-state index in [0.717, 1.165) is 10.9 Å². The molecule has 0 aliphatic carbocycles. The number of benzene rings is 2. The standard InChI is InChI=1S/C57H81N15O11S2/c1-33(73)64-41-21-26-84-85-32-44(55(82)71-25-12-20-46(71)56(83)70-24-11-19-45(70)52(79)66-39(48(75)61-2)17-8-9-22-58)69-51(78)43(28-35-30-63-38-16-7-6-15-37(35)38)67-49(76)40(18-10-23-62-57(59)60)65-50(77)42(27-34-13-4-3-5-14-34)68-53(80)47-29-36(74)31-72(47)54(41)81/h3-7,13-16,30,36,39-47,63,74H,8-12,17-29,31-32,58H2,1-2H3,(H,61,75)(H,64,73)(H,65,77)(H,66,79)(H,67,76)(H,68,80)(H,69,78)(H4,59,60,62)/t36-,39+,40+,41+,42-,43+,44+,45+,46+,47+/m1/s1. The molecular weight excluding hydrogens is 1130 g/mol. The van der Waals surface area contributed by atoms with Crippen molar-refractivity contribution in [1.82, 2.24) is 56.9 Å². The molecule has 10 atom stereocenters. The van der Waals surface area contributed by atoms with Crippen LogP contribution in [0.3, 0.4) is 0 Å². The number of unbranched alkanes of at least 4 members (excludes halogenated alkanes) is 1. The van der Waals surface area contributed by atoms with Crippen LogP contribution in [0.5, 0.6) is 0 Å². The minimum absolute atomic E-state index is 0.0369. The summed E-state index contributed by atoms with van der Waals surface area (Å²) in [6.07, 6.45) is 3.46. The molecule has 15 N–H and O–H groups in total. The maximum absolute atomic E-state index is 15.2. The number of hydrogen-bond donors (Lipinski definition) is 12. The summed E-state index contributed by atoms with van der Waals surface area (Å²) in [7, 11) is 3.90. The number of carbonyl (C=O) groups is 10. The molecule has 0 radical (unpaired) electrons. The number of H-pyrrole nitrogens is 1. The number of para-hydroxylation sites is 1. The van der Waals surface area contributed by atoms with Gasteiger partial charge in [0.15, 0.2) is 5.96 Å². The third-order valence-corrected chi connectivity index (χ3v) is 18.1. The number of aliphatic imine (C=N–C) groups is 1. The molecule has 7 rings (SSSR count). The molecule has 4 aliphatic heterocycles. The van der Waals surface area contributed by atoms with Crippen molar-refractivity contribution in [3.8, 4) is 0 Å². The second-order valence-corrected chi connectivity index (χ2v) is 24.5. The lowest BCUT2D eigenvalue weighted by molar-refractivity contribution is -0.148. The topological polar surface area (TPSA) is 391 Å². The lowest BCUT2D eigenvalue weighted by Crippen LogP contribution is -2.61. The Balaban J connectivity index is 1.23. The van der Waals surface area contributed by atoms with Crippen LogP contribution < -0.4 is 54.4 Å². The number of carbonyl (C=O) groups excluding carboxylic acids is 10. The van der Waals surface area contributed by atoms with Gasteiger partial charge in [-0.15, -0.1) is 0 Å².